The van der Waals surface area contributed by atoms with Crippen LogP contribution in [-0.4, -0.2) is 26.3 Å². The van der Waals surface area contributed by atoms with Gasteiger partial charge < -0.3 is 19.5 Å². The molecule has 35 heavy (non-hydrogen) atoms. The summed E-state index contributed by atoms with van der Waals surface area (Å²) in [5.74, 6) is 1.75. The highest BCUT2D eigenvalue weighted by molar-refractivity contribution is 7.80. The molecule has 5 rings (SSSR count). The van der Waals surface area contributed by atoms with E-state index in [1.165, 1.54) is 5.56 Å². The molecule has 0 spiro atoms. The van der Waals surface area contributed by atoms with Crippen molar-refractivity contribution >= 4 is 23.0 Å². The largest absolute Gasteiger partial charge is 0.494 e. The number of hydrogen-bond donors (Lipinski definition) is 1. The highest BCUT2D eigenvalue weighted by Crippen LogP contribution is 2.43. The number of aromatic nitrogens is 3. The van der Waals surface area contributed by atoms with E-state index in [2.05, 4.69) is 81.9 Å². The maximum Gasteiger partial charge on any atom is 0.174 e. The summed E-state index contributed by atoms with van der Waals surface area (Å²) in [5, 5.41) is 4.22. The van der Waals surface area contributed by atoms with Gasteiger partial charge in [0.05, 0.1) is 24.4 Å². The number of thiocarbonyl (C=S) groups is 1. The van der Waals surface area contributed by atoms with Gasteiger partial charge in [-0.3, -0.25) is 4.98 Å². The topological polar surface area (TPSA) is 55.2 Å². The van der Waals surface area contributed by atoms with E-state index in [1.54, 1.807) is 0 Å². The summed E-state index contributed by atoms with van der Waals surface area (Å²) in [6, 6.07) is 20.3. The molecule has 0 saturated carbocycles. The second kappa shape index (κ2) is 9.50. The van der Waals surface area contributed by atoms with E-state index in [9.17, 15) is 0 Å². The predicted octanol–water partition coefficient (Wildman–Crippen LogP) is 5.77. The normalized spacial score (nSPS) is 17.5. The summed E-state index contributed by atoms with van der Waals surface area (Å²) in [6.45, 7) is 8.94. The first-order valence-corrected chi connectivity index (χ1v) is 12.2. The van der Waals surface area contributed by atoms with Crippen LogP contribution < -0.4 is 15.0 Å². The van der Waals surface area contributed by atoms with Crippen LogP contribution in [-0.2, 0) is 0 Å². The fraction of sp³-hybridized carbons (Fsp3) is 0.250. The zero-order valence-electron chi connectivity index (χ0n) is 20.4. The first kappa shape index (κ1) is 23.1. The van der Waals surface area contributed by atoms with Crippen LogP contribution in [0.2, 0.25) is 0 Å². The van der Waals surface area contributed by atoms with E-state index >= 15 is 0 Å². The maximum atomic E-state index is 5.89. The average molecular weight is 484 g/mol. The van der Waals surface area contributed by atoms with Crippen LogP contribution in [0.4, 0.5) is 5.69 Å². The van der Waals surface area contributed by atoms with Gasteiger partial charge in [0.25, 0.3) is 0 Å². The van der Waals surface area contributed by atoms with E-state index in [1.807, 2.05) is 43.6 Å². The zero-order valence-corrected chi connectivity index (χ0v) is 21.2. The molecule has 6 nitrogen and oxygen atoms in total. The molecule has 0 bridgehead atoms. The van der Waals surface area contributed by atoms with Crippen molar-refractivity contribution in [2.45, 2.75) is 39.8 Å². The summed E-state index contributed by atoms with van der Waals surface area (Å²) in [4.78, 5) is 11.6. The number of hydrogen-bond acceptors (Lipinski definition) is 4. The van der Waals surface area contributed by atoms with E-state index < -0.39 is 0 Å². The van der Waals surface area contributed by atoms with Crippen molar-refractivity contribution in [3.63, 3.8) is 0 Å². The minimum Gasteiger partial charge on any atom is -0.494 e. The number of anilines is 1. The van der Waals surface area contributed by atoms with Gasteiger partial charge in [-0.2, -0.15) is 0 Å². The smallest absolute Gasteiger partial charge is 0.174 e. The average Bonchev–Trinajstić information content (AvgIpc) is 3.36. The van der Waals surface area contributed by atoms with Crippen LogP contribution in [0, 0.1) is 20.8 Å². The molecule has 0 amide bonds. The Kier molecular flexibility index (Phi) is 6.26. The Morgan fingerprint density at radius 3 is 2.46 bits per heavy atom. The van der Waals surface area contributed by atoms with Crippen LogP contribution in [0.3, 0.4) is 0 Å². The molecule has 178 valence electrons. The summed E-state index contributed by atoms with van der Waals surface area (Å²) in [7, 11) is 0. The lowest BCUT2D eigenvalue weighted by atomic mass is 9.96. The molecule has 1 fully saturated rings. The number of aryl methyl sites for hydroxylation is 2. The standard InChI is InChI=1S/C28H29N5OS/c1-5-34-22-12-10-21(11-13-22)33-27(26(31-28(33)35)24-8-6-7-15-29-24)23-16-19(3)32(20(23)4)25-14-9-18(2)17-30-25/h6-17,26-27H,5H2,1-4H3,(H,31,35)/t26-,27+/m0/s1. The van der Waals surface area contributed by atoms with Gasteiger partial charge in [0.15, 0.2) is 5.11 Å². The zero-order chi connectivity index (χ0) is 24.5. The number of nitrogens with one attached hydrogen (secondary N) is 1. The lowest BCUT2D eigenvalue weighted by Gasteiger charge is -2.28. The summed E-state index contributed by atoms with van der Waals surface area (Å²) in [6.07, 6.45) is 3.74. The van der Waals surface area contributed by atoms with Crippen molar-refractivity contribution in [3.8, 4) is 11.6 Å². The molecule has 1 aliphatic heterocycles. The second-order valence-corrected chi connectivity index (χ2v) is 9.17. The molecular formula is C28H29N5OS. The van der Waals surface area contributed by atoms with Gasteiger partial charge in [-0.15, -0.1) is 0 Å². The van der Waals surface area contributed by atoms with Gasteiger partial charge in [0.1, 0.15) is 11.6 Å². The minimum absolute atomic E-state index is 0.0826. The Labute approximate surface area is 211 Å². The molecule has 4 aromatic rings. The van der Waals surface area contributed by atoms with E-state index in [0.717, 1.165) is 39.9 Å². The van der Waals surface area contributed by atoms with Gasteiger partial charge in [-0.05, 0) is 99.6 Å². The van der Waals surface area contributed by atoms with Gasteiger partial charge >= 0.3 is 0 Å². The van der Waals surface area contributed by atoms with E-state index in [0.29, 0.717) is 11.7 Å². The number of rotatable bonds is 6. The Balaban J connectivity index is 1.63. The van der Waals surface area contributed by atoms with Gasteiger partial charge in [-0.25, -0.2) is 4.98 Å². The third kappa shape index (κ3) is 4.28. The number of pyridine rings is 2. The molecule has 0 radical (unpaired) electrons. The van der Waals surface area contributed by atoms with Crippen molar-refractivity contribution in [2.24, 2.45) is 0 Å². The van der Waals surface area contributed by atoms with Crippen molar-refractivity contribution in [2.75, 3.05) is 11.5 Å². The fourth-order valence-electron chi connectivity index (χ4n) is 4.85. The lowest BCUT2D eigenvalue weighted by Crippen LogP contribution is -2.29. The molecule has 0 unspecified atom stereocenters. The Hall–Kier alpha value is -3.71. The van der Waals surface area contributed by atoms with Crippen molar-refractivity contribution in [1.82, 2.24) is 19.9 Å². The van der Waals surface area contributed by atoms with Crippen molar-refractivity contribution < 1.29 is 4.74 Å². The highest BCUT2D eigenvalue weighted by atomic mass is 32.1. The maximum absolute atomic E-state index is 5.89. The molecular weight excluding hydrogens is 454 g/mol. The van der Waals surface area contributed by atoms with Gasteiger partial charge in [0.2, 0.25) is 0 Å². The molecule has 1 aliphatic rings. The molecule has 7 heteroatoms. The van der Waals surface area contributed by atoms with Gasteiger partial charge in [-0.1, -0.05) is 12.1 Å². The molecule has 1 saturated heterocycles. The second-order valence-electron chi connectivity index (χ2n) is 8.78. The number of ether oxygens (including phenoxy) is 1. The fourth-order valence-corrected chi connectivity index (χ4v) is 5.20. The predicted molar refractivity (Wildman–Crippen MR) is 143 cm³/mol. The van der Waals surface area contributed by atoms with Crippen molar-refractivity contribution in [3.05, 3.63) is 101 Å². The monoisotopic (exact) mass is 483 g/mol. The molecule has 1 aromatic carbocycles. The third-order valence-electron chi connectivity index (χ3n) is 6.44. The Morgan fingerprint density at radius 1 is 1.00 bits per heavy atom. The first-order chi connectivity index (χ1) is 17.0. The minimum atomic E-state index is -0.102. The molecule has 1 N–H and O–H groups in total. The van der Waals surface area contributed by atoms with Crippen LogP contribution in [0.5, 0.6) is 5.75 Å². The summed E-state index contributed by atoms with van der Waals surface area (Å²) in [5.41, 5.74) is 6.53. The highest BCUT2D eigenvalue weighted by Gasteiger charge is 2.42. The lowest BCUT2D eigenvalue weighted by molar-refractivity contribution is 0.340. The summed E-state index contributed by atoms with van der Waals surface area (Å²) >= 11 is 5.89. The van der Waals surface area contributed by atoms with Crippen LogP contribution in [0.25, 0.3) is 5.82 Å². The van der Waals surface area contributed by atoms with Crippen LogP contribution >= 0.6 is 12.2 Å². The molecule has 4 heterocycles. The molecule has 2 atom stereocenters. The van der Waals surface area contributed by atoms with E-state index in [4.69, 9.17) is 17.0 Å². The Bertz CT molecular complexity index is 1330. The molecule has 0 aliphatic carbocycles. The van der Waals surface area contributed by atoms with Gasteiger partial charge in [0, 0.05) is 29.5 Å². The quantitative estimate of drug-likeness (QED) is 0.352. The van der Waals surface area contributed by atoms with Crippen LogP contribution in [0.15, 0.2) is 73.1 Å². The molecule has 3 aromatic heterocycles. The third-order valence-corrected chi connectivity index (χ3v) is 6.75. The SMILES string of the molecule is CCOc1ccc(N2C(=S)N[C@@H](c3ccccn3)[C@H]2c2cc(C)n(-c3ccc(C)cn3)c2C)cc1. The Morgan fingerprint density at radius 2 is 1.80 bits per heavy atom. The number of nitrogens with zero attached hydrogens (tertiary/aromatic N) is 4. The van der Waals surface area contributed by atoms with Crippen LogP contribution in [0.1, 0.15) is 47.2 Å². The summed E-state index contributed by atoms with van der Waals surface area (Å²) < 4.78 is 7.87. The first-order valence-electron chi connectivity index (χ1n) is 11.8. The van der Waals surface area contributed by atoms with E-state index in [-0.39, 0.29) is 12.1 Å². The number of benzene rings is 1. The van der Waals surface area contributed by atoms with Crippen molar-refractivity contribution in [1.29, 1.82) is 0 Å².